The Morgan fingerprint density at radius 1 is 1.13 bits per heavy atom. The Kier molecular flexibility index (Phi) is 6.92. The van der Waals surface area contributed by atoms with E-state index in [4.69, 9.17) is 21.1 Å². The number of ether oxygens (including phenoxy) is 2. The first-order valence-electron chi connectivity index (χ1n) is 12.6. The van der Waals surface area contributed by atoms with Crippen LogP contribution in [-0.2, 0) is 31.4 Å². The number of hydrogen-bond donors (Lipinski definition) is 0. The van der Waals surface area contributed by atoms with Crippen LogP contribution in [0.25, 0.3) is 16.6 Å². The molecular formula is C29H31ClN4O4. The van der Waals surface area contributed by atoms with Crippen LogP contribution in [0.5, 0.6) is 5.75 Å². The number of halogens is 1. The summed E-state index contributed by atoms with van der Waals surface area (Å²) in [4.78, 5) is 31.8. The van der Waals surface area contributed by atoms with E-state index in [0.29, 0.717) is 23.9 Å². The van der Waals surface area contributed by atoms with Gasteiger partial charge in [0, 0.05) is 48.7 Å². The molecule has 0 radical (unpaired) electrons. The van der Waals surface area contributed by atoms with Gasteiger partial charge < -0.3 is 18.9 Å². The molecule has 1 aliphatic rings. The molecule has 0 saturated heterocycles. The van der Waals surface area contributed by atoms with Gasteiger partial charge >= 0.3 is 6.09 Å². The zero-order chi connectivity index (χ0) is 27.0. The monoisotopic (exact) mass is 534 g/mol. The molecule has 4 heterocycles. The summed E-state index contributed by atoms with van der Waals surface area (Å²) in [7, 11) is 2.04. The normalized spacial score (nSPS) is 13.8. The van der Waals surface area contributed by atoms with Gasteiger partial charge in [-0.05, 0) is 63.9 Å². The van der Waals surface area contributed by atoms with Crippen molar-refractivity contribution < 1.29 is 14.3 Å². The Balaban J connectivity index is 1.40. The highest BCUT2D eigenvalue weighted by atomic mass is 35.5. The predicted molar refractivity (Wildman–Crippen MR) is 147 cm³/mol. The standard InChI is InChI=1S/C29H31ClN4O4/c1-29(2,3)38-28(36)33-12-5-6-25-24(17-33)23-10-9-21(14-26(23)32(25)4)34-13-11-22(15-27(34)35)37-18-20-8-7-19(30)16-31-20/h7-11,13-16H,5-6,12,17-18H2,1-4H3. The van der Waals surface area contributed by atoms with Crippen LogP contribution in [0.1, 0.15) is 44.1 Å². The molecule has 5 rings (SSSR count). The molecule has 0 spiro atoms. The van der Waals surface area contributed by atoms with Crippen LogP contribution in [0.15, 0.2) is 59.7 Å². The average Bonchev–Trinajstić information content (AvgIpc) is 3.00. The molecule has 0 fully saturated rings. The van der Waals surface area contributed by atoms with Gasteiger partial charge in [-0.25, -0.2) is 4.79 Å². The van der Waals surface area contributed by atoms with Gasteiger partial charge in [0.05, 0.1) is 28.5 Å². The van der Waals surface area contributed by atoms with Crippen molar-refractivity contribution >= 4 is 28.6 Å². The van der Waals surface area contributed by atoms with Crippen molar-refractivity contribution in [3.05, 3.63) is 87.2 Å². The minimum atomic E-state index is -0.541. The quantitative estimate of drug-likeness (QED) is 0.338. The topological polar surface area (TPSA) is 78.6 Å². The lowest BCUT2D eigenvalue weighted by Crippen LogP contribution is -2.36. The number of hydrogen-bond acceptors (Lipinski definition) is 5. The maximum absolute atomic E-state index is 13.0. The van der Waals surface area contributed by atoms with Crippen molar-refractivity contribution in [2.75, 3.05) is 6.54 Å². The Hall–Kier alpha value is -3.78. The van der Waals surface area contributed by atoms with Crippen LogP contribution in [0.4, 0.5) is 4.79 Å². The average molecular weight is 535 g/mol. The van der Waals surface area contributed by atoms with E-state index in [1.165, 1.54) is 11.8 Å². The fraction of sp³-hybridized carbons (Fsp3) is 0.345. The van der Waals surface area contributed by atoms with E-state index in [1.54, 1.807) is 40.1 Å². The van der Waals surface area contributed by atoms with E-state index in [1.807, 2.05) is 46.0 Å². The number of benzene rings is 1. The van der Waals surface area contributed by atoms with Crippen molar-refractivity contribution in [1.29, 1.82) is 0 Å². The molecule has 0 unspecified atom stereocenters. The van der Waals surface area contributed by atoms with Gasteiger partial charge in [0.25, 0.3) is 5.56 Å². The van der Waals surface area contributed by atoms with Crippen LogP contribution < -0.4 is 10.3 Å². The maximum atomic E-state index is 13.0. The van der Waals surface area contributed by atoms with Gasteiger partial charge in [-0.2, -0.15) is 0 Å². The summed E-state index contributed by atoms with van der Waals surface area (Å²) >= 11 is 5.88. The molecule has 3 aromatic heterocycles. The summed E-state index contributed by atoms with van der Waals surface area (Å²) in [5, 5.41) is 1.63. The maximum Gasteiger partial charge on any atom is 0.410 e. The summed E-state index contributed by atoms with van der Waals surface area (Å²) in [6.07, 6.45) is 4.71. The number of amides is 1. The lowest BCUT2D eigenvalue weighted by molar-refractivity contribution is 0.0237. The number of carbonyl (C=O) groups excluding carboxylic acids is 1. The van der Waals surface area contributed by atoms with E-state index >= 15 is 0 Å². The zero-order valence-corrected chi connectivity index (χ0v) is 22.8. The highest BCUT2D eigenvalue weighted by Crippen LogP contribution is 2.31. The summed E-state index contributed by atoms with van der Waals surface area (Å²) < 4.78 is 15.2. The van der Waals surface area contributed by atoms with E-state index in [2.05, 4.69) is 9.55 Å². The van der Waals surface area contributed by atoms with Crippen LogP contribution >= 0.6 is 11.6 Å². The molecule has 0 aliphatic carbocycles. The molecule has 198 valence electrons. The lowest BCUT2D eigenvalue weighted by Gasteiger charge is -2.26. The minimum absolute atomic E-state index is 0.196. The predicted octanol–water partition coefficient (Wildman–Crippen LogP) is 5.64. The number of carbonyl (C=O) groups is 1. The molecule has 1 amide bonds. The molecule has 9 heteroatoms. The molecule has 8 nitrogen and oxygen atoms in total. The van der Waals surface area contributed by atoms with E-state index < -0.39 is 5.60 Å². The van der Waals surface area contributed by atoms with E-state index in [-0.39, 0.29) is 18.3 Å². The third-order valence-corrected chi connectivity index (χ3v) is 6.83. The van der Waals surface area contributed by atoms with E-state index in [9.17, 15) is 9.59 Å². The summed E-state index contributed by atoms with van der Waals surface area (Å²) in [5.74, 6) is 0.469. The summed E-state index contributed by atoms with van der Waals surface area (Å²) in [6.45, 7) is 7.03. The largest absolute Gasteiger partial charge is 0.487 e. The number of fused-ring (bicyclic) bond motifs is 3. The van der Waals surface area contributed by atoms with Gasteiger partial charge in [0.1, 0.15) is 18.0 Å². The van der Waals surface area contributed by atoms with Crippen LogP contribution in [0.3, 0.4) is 0 Å². The van der Waals surface area contributed by atoms with Crippen molar-refractivity contribution in [3.8, 4) is 11.4 Å². The second kappa shape index (κ2) is 10.2. The number of nitrogens with zero attached hydrogens (tertiary/aromatic N) is 4. The number of aromatic nitrogens is 3. The second-order valence-corrected chi connectivity index (χ2v) is 11.0. The molecule has 0 atom stereocenters. The Morgan fingerprint density at radius 2 is 1.95 bits per heavy atom. The van der Waals surface area contributed by atoms with Crippen LogP contribution in [0.2, 0.25) is 5.02 Å². The molecule has 0 bridgehead atoms. The minimum Gasteiger partial charge on any atom is -0.487 e. The highest BCUT2D eigenvalue weighted by Gasteiger charge is 2.27. The molecule has 1 aromatic carbocycles. The third kappa shape index (κ3) is 5.41. The first-order chi connectivity index (χ1) is 18.1. The fourth-order valence-corrected chi connectivity index (χ4v) is 4.92. The first kappa shape index (κ1) is 25.9. The Morgan fingerprint density at radius 3 is 2.66 bits per heavy atom. The van der Waals surface area contributed by atoms with Crippen molar-refractivity contribution in [3.63, 3.8) is 0 Å². The number of pyridine rings is 2. The molecular weight excluding hydrogens is 504 g/mol. The molecule has 0 saturated carbocycles. The summed E-state index contributed by atoms with van der Waals surface area (Å²) in [6, 6.07) is 12.8. The van der Waals surface area contributed by atoms with Gasteiger partial charge in [0.15, 0.2) is 0 Å². The lowest BCUT2D eigenvalue weighted by atomic mass is 10.1. The van der Waals surface area contributed by atoms with Crippen LogP contribution in [0, 0.1) is 0 Å². The van der Waals surface area contributed by atoms with Gasteiger partial charge in [-0.1, -0.05) is 17.7 Å². The van der Waals surface area contributed by atoms with Crippen LogP contribution in [-0.4, -0.2) is 37.3 Å². The summed E-state index contributed by atoms with van der Waals surface area (Å²) in [5.41, 5.74) is 4.09. The number of rotatable bonds is 4. The second-order valence-electron chi connectivity index (χ2n) is 10.5. The Bertz CT molecular complexity index is 1550. The molecule has 0 N–H and O–H groups in total. The fourth-order valence-electron chi connectivity index (χ4n) is 4.80. The smallest absolute Gasteiger partial charge is 0.410 e. The van der Waals surface area contributed by atoms with Crippen molar-refractivity contribution in [2.24, 2.45) is 7.05 Å². The molecule has 1 aliphatic heterocycles. The Labute approximate surface area is 226 Å². The van der Waals surface area contributed by atoms with Gasteiger partial charge in [0.2, 0.25) is 0 Å². The third-order valence-electron chi connectivity index (χ3n) is 6.61. The zero-order valence-electron chi connectivity index (χ0n) is 22.0. The van der Waals surface area contributed by atoms with E-state index in [0.717, 1.165) is 40.7 Å². The first-order valence-corrected chi connectivity index (χ1v) is 13.0. The molecule has 4 aromatic rings. The van der Waals surface area contributed by atoms with Crippen molar-refractivity contribution in [2.45, 2.75) is 52.4 Å². The molecule has 38 heavy (non-hydrogen) atoms. The van der Waals surface area contributed by atoms with Crippen molar-refractivity contribution in [1.82, 2.24) is 19.0 Å². The highest BCUT2D eigenvalue weighted by molar-refractivity contribution is 6.30. The number of aryl methyl sites for hydroxylation is 1. The SMILES string of the molecule is Cn1c2c(c3ccc(-n4ccc(OCc5ccc(Cl)cn5)cc4=O)cc31)CN(C(=O)OC(C)(C)C)CCC2. The van der Waals surface area contributed by atoms with Gasteiger partial charge in [-0.15, -0.1) is 0 Å². The van der Waals surface area contributed by atoms with Gasteiger partial charge in [-0.3, -0.25) is 14.3 Å².